The molecule has 0 saturated carbocycles. The molecule has 0 aromatic rings. The van der Waals surface area contributed by atoms with E-state index in [-0.39, 0.29) is 0 Å². The third-order valence-corrected chi connectivity index (χ3v) is 1.37. The third kappa shape index (κ3) is 1.35. The molecule has 0 aliphatic carbocycles. The average Bonchev–Trinajstić information content (AvgIpc) is 2.13. The van der Waals surface area contributed by atoms with Crippen molar-refractivity contribution in [3.8, 4) is 0 Å². The summed E-state index contributed by atoms with van der Waals surface area (Å²) in [5, 5.41) is 39.4. The van der Waals surface area contributed by atoms with Crippen molar-refractivity contribution in [1.29, 1.82) is 0 Å². The van der Waals surface area contributed by atoms with Gasteiger partial charge < -0.3 is 0 Å². The molecule has 0 amide bonds. The second-order valence-corrected chi connectivity index (χ2v) is 2.20. The molecule has 0 aromatic carbocycles. The van der Waals surface area contributed by atoms with Crippen LogP contribution in [-0.4, -0.2) is 31.5 Å². The molecule has 0 aliphatic rings. The molecular formula is C2F2N4O8. The van der Waals surface area contributed by atoms with Gasteiger partial charge in [0.05, 0.1) is 0 Å². The summed E-state index contributed by atoms with van der Waals surface area (Å²) >= 11 is 0. The molecule has 0 fully saturated rings. The highest BCUT2D eigenvalue weighted by Gasteiger charge is 2.98. The Balaban J connectivity index is 6.05. The summed E-state index contributed by atoms with van der Waals surface area (Å²) in [5.74, 6) is -11.4. The zero-order valence-corrected chi connectivity index (χ0v) is 6.81. The first-order valence-electron chi connectivity index (χ1n) is 2.98. The minimum Gasteiger partial charge on any atom is -0.255 e. The van der Waals surface area contributed by atoms with Crippen molar-refractivity contribution >= 4 is 0 Å². The fourth-order valence-corrected chi connectivity index (χ4v) is 0.598. The lowest BCUT2D eigenvalue weighted by molar-refractivity contribution is -0.979. The van der Waals surface area contributed by atoms with E-state index in [1.165, 1.54) is 0 Å². The van der Waals surface area contributed by atoms with Gasteiger partial charge in [-0.15, -0.1) is 0 Å². The quantitative estimate of drug-likeness (QED) is 0.266. The van der Waals surface area contributed by atoms with Crippen LogP contribution in [0.25, 0.3) is 0 Å². The molecule has 0 radical (unpaired) electrons. The smallest absolute Gasteiger partial charge is 0.255 e. The van der Waals surface area contributed by atoms with E-state index in [9.17, 15) is 49.2 Å². The topological polar surface area (TPSA) is 173 Å². The van der Waals surface area contributed by atoms with E-state index in [1.54, 1.807) is 0 Å². The summed E-state index contributed by atoms with van der Waals surface area (Å²) in [6.07, 6.45) is 0. The Labute approximate surface area is 82.0 Å². The zero-order chi connectivity index (χ0) is 13.3. The van der Waals surface area contributed by atoms with Crippen molar-refractivity contribution in [3.05, 3.63) is 40.5 Å². The number of hydrogen-bond acceptors (Lipinski definition) is 8. The molecule has 0 aliphatic heterocycles. The summed E-state index contributed by atoms with van der Waals surface area (Å²) < 4.78 is 25.9. The van der Waals surface area contributed by atoms with Crippen molar-refractivity contribution in [2.45, 2.75) is 11.8 Å². The molecule has 90 valence electrons. The Morgan fingerprint density at radius 3 is 0.812 bits per heavy atom. The van der Waals surface area contributed by atoms with Crippen LogP contribution in [0, 0.1) is 40.5 Å². The van der Waals surface area contributed by atoms with Gasteiger partial charge in [-0.2, -0.15) is 0 Å². The van der Waals surface area contributed by atoms with Gasteiger partial charge in [0, 0.05) is 0 Å². The SMILES string of the molecule is O=[N+]([O-])C(F)([N+](=O)[O-])C(F)([N+](=O)[O-])[N+](=O)[O-]. The van der Waals surface area contributed by atoms with E-state index < -0.39 is 31.5 Å². The second-order valence-electron chi connectivity index (χ2n) is 2.20. The lowest BCUT2D eigenvalue weighted by Gasteiger charge is -2.09. The van der Waals surface area contributed by atoms with Crippen molar-refractivity contribution < 1.29 is 28.5 Å². The first-order valence-corrected chi connectivity index (χ1v) is 2.98. The molecule has 0 heterocycles. The van der Waals surface area contributed by atoms with Crippen LogP contribution in [0.4, 0.5) is 8.78 Å². The van der Waals surface area contributed by atoms with Gasteiger partial charge in [-0.3, -0.25) is 40.5 Å². The monoisotopic (exact) mass is 246 g/mol. The van der Waals surface area contributed by atoms with Gasteiger partial charge in [0.2, 0.25) is 0 Å². The number of hydrogen-bond donors (Lipinski definition) is 0. The van der Waals surface area contributed by atoms with Gasteiger partial charge in [-0.05, 0) is 0 Å². The van der Waals surface area contributed by atoms with Crippen LogP contribution < -0.4 is 0 Å². The maximum absolute atomic E-state index is 12.9. The summed E-state index contributed by atoms with van der Waals surface area (Å²) in [4.78, 5) is 28.6. The maximum Gasteiger partial charge on any atom is 0.797 e. The number of halogens is 2. The predicted octanol–water partition coefficient (Wildman–Crippen LogP) is -0.660. The summed E-state index contributed by atoms with van der Waals surface area (Å²) in [5.41, 5.74) is 0. The zero-order valence-electron chi connectivity index (χ0n) is 6.81. The van der Waals surface area contributed by atoms with E-state index in [2.05, 4.69) is 0 Å². The standard InChI is InChI=1S/C2F2N4O8/c3-1(5(9)10,6(11)12)2(4,7(13)14)8(15)16. The van der Waals surface area contributed by atoms with E-state index in [0.29, 0.717) is 0 Å². The molecule has 16 heavy (non-hydrogen) atoms. The largest absolute Gasteiger partial charge is 0.797 e. The summed E-state index contributed by atoms with van der Waals surface area (Å²) in [7, 11) is 0. The highest BCUT2D eigenvalue weighted by atomic mass is 19.2. The number of rotatable bonds is 5. The molecule has 0 rings (SSSR count). The Morgan fingerprint density at radius 2 is 0.750 bits per heavy atom. The van der Waals surface area contributed by atoms with Crippen LogP contribution in [0.3, 0.4) is 0 Å². The Hall–Kier alpha value is -2.54. The molecule has 0 N–H and O–H groups in total. The third-order valence-electron chi connectivity index (χ3n) is 1.37. The lowest BCUT2D eigenvalue weighted by Crippen LogP contribution is -2.66. The number of nitrogens with zero attached hydrogens (tertiary/aromatic N) is 4. The van der Waals surface area contributed by atoms with E-state index >= 15 is 0 Å². The molecule has 0 aromatic heterocycles. The van der Waals surface area contributed by atoms with E-state index in [0.717, 1.165) is 0 Å². The highest BCUT2D eigenvalue weighted by Crippen LogP contribution is 2.33. The fraction of sp³-hybridized carbons (Fsp3) is 1.00. The average molecular weight is 246 g/mol. The molecule has 0 atom stereocenters. The summed E-state index contributed by atoms with van der Waals surface area (Å²) in [6, 6.07) is 0. The van der Waals surface area contributed by atoms with Crippen LogP contribution in [0.5, 0.6) is 0 Å². The Bertz CT molecular complexity index is 316. The Kier molecular flexibility index (Phi) is 2.99. The predicted molar refractivity (Wildman–Crippen MR) is 35.7 cm³/mol. The van der Waals surface area contributed by atoms with Gasteiger partial charge in [-0.1, -0.05) is 8.78 Å². The first-order chi connectivity index (χ1) is 7.02. The van der Waals surface area contributed by atoms with Crippen molar-refractivity contribution in [3.63, 3.8) is 0 Å². The first kappa shape index (κ1) is 13.5. The van der Waals surface area contributed by atoms with Gasteiger partial charge in [0.15, 0.2) is 19.7 Å². The fourth-order valence-electron chi connectivity index (χ4n) is 0.598. The van der Waals surface area contributed by atoms with Crippen LogP contribution in [-0.2, 0) is 0 Å². The lowest BCUT2D eigenvalue weighted by atomic mass is 10.3. The molecule has 0 saturated heterocycles. The summed E-state index contributed by atoms with van der Waals surface area (Å²) in [6.45, 7) is 0. The van der Waals surface area contributed by atoms with Crippen LogP contribution >= 0.6 is 0 Å². The molecule has 0 unspecified atom stereocenters. The van der Waals surface area contributed by atoms with Crippen LogP contribution in [0.2, 0.25) is 0 Å². The van der Waals surface area contributed by atoms with Crippen LogP contribution in [0.15, 0.2) is 0 Å². The molecule has 12 nitrogen and oxygen atoms in total. The van der Waals surface area contributed by atoms with E-state index in [1.807, 2.05) is 0 Å². The number of nitro groups is 4. The van der Waals surface area contributed by atoms with E-state index in [4.69, 9.17) is 0 Å². The number of alkyl halides is 2. The van der Waals surface area contributed by atoms with Gasteiger partial charge in [0.25, 0.3) is 0 Å². The maximum atomic E-state index is 12.9. The molecular weight excluding hydrogens is 246 g/mol. The normalized spacial score (nSPS) is 11.9. The van der Waals surface area contributed by atoms with Crippen molar-refractivity contribution in [2.75, 3.05) is 0 Å². The van der Waals surface area contributed by atoms with Gasteiger partial charge >= 0.3 is 11.8 Å². The van der Waals surface area contributed by atoms with Crippen LogP contribution in [0.1, 0.15) is 0 Å². The molecule has 0 spiro atoms. The molecule has 0 bridgehead atoms. The second kappa shape index (κ2) is 3.55. The van der Waals surface area contributed by atoms with Crippen molar-refractivity contribution in [1.82, 2.24) is 0 Å². The minimum atomic E-state index is -5.72. The minimum absolute atomic E-state index is 2.70. The van der Waals surface area contributed by atoms with Gasteiger partial charge in [0.1, 0.15) is 0 Å². The van der Waals surface area contributed by atoms with Crippen molar-refractivity contribution in [2.24, 2.45) is 0 Å². The highest BCUT2D eigenvalue weighted by molar-refractivity contribution is 4.65. The molecule has 14 heteroatoms. The Morgan fingerprint density at radius 1 is 0.625 bits per heavy atom. The van der Waals surface area contributed by atoms with Gasteiger partial charge in [-0.25, -0.2) is 0 Å².